The number of thiophene rings is 1. The van der Waals surface area contributed by atoms with Crippen LogP contribution in [0.3, 0.4) is 0 Å². The summed E-state index contributed by atoms with van der Waals surface area (Å²) in [6.45, 7) is 0. The summed E-state index contributed by atoms with van der Waals surface area (Å²) in [6.07, 6.45) is 0.333. The molecular weight excluding hydrogens is 262 g/mol. The summed E-state index contributed by atoms with van der Waals surface area (Å²) in [5.41, 5.74) is 1.00. The van der Waals surface area contributed by atoms with E-state index in [2.05, 4.69) is 10.1 Å². The van der Waals surface area contributed by atoms with Crippen LogP contribution in [0.25, 0.3) is 0 Å². The van der Waals surface area contributed by atoms with E-state index in [1.165, 1.54) is 18.4 Å². The van der Waals surface area contributed by atoms with E-state index >= 15 is 0 Å². The third kappa shape index (κ3) is 3.66. The van der Waals surface area contributed by atoms with E-state index in [9.17, 15) is 9.59 Å². The zero-order chi connectivity index (χ0) is 13.7. The van der Waals surface area contributed by atoms with Crippen molar-refractivity contribution in [1.82, 2.24) is 0 Å². The van der Waals surface area contributed by atoms with Crippen LogP contribution < -0.4 is 5.32 Å². The Morgan fingerprint density at radius 2 is 2.11 bits per heavy atom. The summed E-state index contributed by atoms with van der Waals surface area (Å²) in [6, 6.07) is 10.5. The van der Waals surface area contributed by atoms with Crippen molar-refractivity contribution in [1.29, 1.82) is 0 Å². The lowest BCUT2D eigenvalue weighted by Gasteiger charge is -2.06. The van der Waals surface area contributed by atoms with E-state index in [0.717, 1.165) is 4.88 Å². The van der Waals surface area contributed by atoms with Crippen molar-refractivity contribution in [3.8, 4) is 0 Å². The summed E-state index contributed by atoms with van der Waals surface area (Å²) in [4.78, 5) is 24.2. The lowest BCUT2D eigenvalue weighted by molar-refractivity contribution is -0.115. The van der Waals surface area contributed by atoms with Gasteiger partial charge < -0.3 is 10.1 Å². The van der Waals surface area contributed by atoms with Crippen LogP contribution in [-0.4, -0.2) is 19.0 Å². The number of ether oxygens (including phenoxy) is 1. The third-order valence-corrected chi connectivity index (χ3v) is 3.36. The van der Waals surface area contributed by atoms with Crippen LogP contribution in [0.4, 0.5) is 5.69 Å². The number of hydrogen-bond donors (Lipinski definition) is 1. The van der Waals surface area contributed by atoms with Gasteiger partial charge in [-0.3, -0.25) is 4.79 Å². The Balaban J connectivity index is 2.02. The standard InChI is InChI=1S/C14H13NO3S/c1-18-14(17)10-4-2-5-11(8-10)15-13(16)9-12-6-3-7-19-12/h2-8H,9H2,1H3,(H,15,16). The molecule has 0 saturated heterocycles. The number of benzene rings is 1. The largest absolute Gasteiger partial charge is 0.465 e. The van der Waals surface area contributed by atoms with Gasteiger partial charge in [0.2, 0.25) is 5.91 Å². The van der Waals surface area contributed by atoms with Gasteiger partial charge in [0.1, 0.15) is 0 Å². The molecule has 0 aliphatic rings. The van der Waals surface area contributed by atoms with Crippen LogP contribution in [0, 0.1) is 0 Å². The Morgan fingerprint density at radius 1 is 1.26 bits per heavy atom. The topological polar surface area (TPSA) is 55.4 Å². The summed E-state index contributed by atoms with van der Waals surface area (Å²) in [5.74, 6) is -0.529. The molecule has 2 aromatic rings. The molecule has 1 heterocycles. The van der Waals surface area contributed by atoms with Gasteiger partial charge in [0.05, 0.1) is 19.1 Å². The molecular formula is C14H13NO3S. The number of rotatable bonds is 4. The molecule has 2 rings (SSSR count). The molecule has 0 radical (unpaired) electrons. The first kappa shape index (κ1) is 13.3. The first-order valence-corrected chi connectivity index (χ1v) is 6.57. The normalized spacial score (nSPS) is 9.95. The van der Waals surface area contributed by atoms with Gasteiger partial charge in [-0.25, -0.2) is 4.79 Å². The highest BCUT2D eigenvalue weighted by atomic mass is 32.1. The Morgan fingerprint density at radius 3 is 2.79 bits per heavy atom. The van der Waals surface area contributed by atoms with Gasteiger partial charge in [-0.2, -0.15) is 0 Å². The van der Waals surface area contributed by atoms with E-state index in [1.807, 2.05) is 17.5 Å². The minimum Gasteiger partial charge on any atom is -0.465 e. The zero-order valence-electron chi connectivity index (χ0n) is 10.4. The van der Waals surface area contributed by atoms with Crippen LogP contribution in [0.1, 0.15) is 15.2 Å². The highest BCUT2D eigenvalue weighted by molar-refractivity contribution is 7.10. The second-order valence-corrected chi connectivity index (χ2v) is 4.91. The Hall–Kier alpha value is -2.14. The van der Waals surface area contributed by atoms with Gasteiger partial charge >= 0.3 is 5.97 Å². The van der Waals surface area contributed by atoms with E-state index < -0.39 is 5.97 Å². The molecule has 0 atom stereocenters. The fourth-order valence-electron chi connectivity index (χ4n) is 1.62. The first-order chi connectivity index (χ1) is 9.19. The van der Waals surface area contributed by atoms with Crippen molar-refractivity contribution in [2.24, 2.45) is 0 Å². The zero-order valence-corrected chi connectivity index (χ0v) is 11.2. The van der Waals surface area contributed by atoms with Crippen molar-refractivity contribution in [3.05, 3.63) is 52.2 Å². The quantitative estimate of drug-likeness (QED) is 0.873. The predicted molar refractivity (Wildman–Crippen MR) is 74.4 cm³/mol. The lowest BCUT2D eigenvalue weighted by Crippen LogP contribution is -2.14. The number of carbonyl (C=O) groups excluding carboxylic acids is 2. The van der Waals surface area contributed by atoms with E-state index in [0.29, 0.717) is 17.7 Å². The van der Waals surface area contributed by atoms with Crippen molar-refractivity contribution >= 4 is 28.9 Å². The number of amides is 1. The minimum atomic E-state index is -0.422. The smallest absolute Gasteiger partial charge is 0.337 e. The monoisotopic (exact) mass is 275 g/mol. The predicted octanol–water partition coefficient (Wildman–Crippen LogP) is 2.72. The molecule has 5 heteroatoms. The van der Waals surface area contributed by atoms with Gasteiger partial charge in [-0.15, -0.1) is 11.3 Å². The minimum absolute atomic E-state index is 0.107. The van der Waals surface area contributed by atoms with Crippen LogP contribution >= 0.6 is 11.3 Å². The maximum Gasteiger partial charge on any atom is 0.337 e. The molecule has 0 bridgehead atoms. The fraction of sp³-hybridized carbons (Fsp3) is 0.143. The average Bonchev–Trinajstić information content (AvgIpc) is 2.90. The second-order valence-electron chi connectivity index (χ2n) is 3.88. The van der Waals surface area contributed by atoms with Gasteiger partial charge in [0.25, 0.3) is 0 Å². The molecule has 0 aliphatic heterocycles. The molecule has 1 amide bonds. The summed E-state index contributed by atoms with van der Waals surface area (Å²) < 4.78 is 4.63. The van der Waals surface area contributed by atoms with Crippen LogP contribution in [-0.2, 0) is 16.0 Å². The maximum atomic E-state index is 11.8. The molecule has 0 fully saturated rings. The molecule has 1 aromatic carbocycles. The molecule has 0 spiro atoms. The summed E-state index contributed by atoms with van der Waals surface area (Å²) >= 11 is 1.54. The molecule has 0 unspecified atom stereocenters. The van der Waals surface area contributed by atoms with Gasteiger partial charge in [0, 0.05) is 10.6 Å². The van der Waals surface area contributed by atoms with E-state index in [-0.39, 0.29) is 5.91 Å². The van der Waals surface area contributed by atoms with Gasteiger partial charge in [0.15, 0.2) is 0 Å². The van der Waals surface area contributed by atoms with Crippen molar-refractivity contribution in [3.63, 3.8) is 0 Å². The summed E-state index contributed by atoms with van der Waals surface area (Å²) in [7, 11) is 1.32. The lowest BCUT2D eigenvalue weighted by atomic mass is 10.2. The van der Waals surface area contributed by atoms with Crippen LogP contribution in [0.2, 0.25) is 0 Å². The molecule has 19 heavy (non-hydrogen) atoms. The Labute approximate surface area is 115 Å². The van der Waals surface area contributed by atoms with Crippen LogP contribution in [0.5, 0.6) is 0 Å². The molecule has 1 N–H and O–H groups in total. The second kappa shape index (κ2) is 6.15. The van der Waals surface area contributed by atoms with E-state index in [1.54, 1.807) is 24.3 Å². The van der Waals surface area contributed by atoms with E-state index in [4.69, 9.17) is 0 Å². The molecule has 1 aromatic heterocycles. The summed E-state index contributed by atoms with van der Waals surface area (Å²) in [5, 5.41) is 4.69. The first-order valence-electron chi connectivity index (χ1n) is 5.69. The maximum absolute atomic E-state index is 11.8. The molecule has 0 saturated carbocycles. The number of carbonyl (C=O) groups is 2. The highest BCUT2D eigenvalue weighted by Gasteiger charge is 2.08. The Bertz CT molecular complexity index is 578. The number of methoxy groups -OCH3 is 1. The van der Waals surface area contributed by atoms with Crippen molar-refractivity contribution in [2.75, 3.05) is 12.4 Å². The average molecular weight is 275 g/mol. The van der Waals surface area contributed by atoms with Gasteiger partial charge in [-0.1, -0.05) is 12.1 Å². The number of esters is 1. The van der Waals surface area contributed by atoms with Crippen molar-refractivity contribution < 1.29 is 14.3 Å². The number of anilines is 1. The number of hydrogen-bond acceptors (Lipinski definition) is 4. The molecule has 0 aliphatic carbocycles. The van der Waals surface area contributed by atoms with Gasteiger partial charge in [-0.05, 0) is 29.6 Å². The van der Waals surface area contributed by atoms with Crippen LogP contribution in [0.15, 0.2) is 41.8 Å². The fourth-order valence-corrected chi connectivity index (χ4v) is 2.32. The Kier molecular flexibility index (Phi) is 4.30. The highest BCUT2D eigenvalue weighted by Crippen LogP contribution is 2.14. The molecule has 4 nitrogen and oxygen atoms in total. The molecule has 98 valence electrons. The number of nitrogens with one attached hydrogen (secondary N) is 1. The SMILES string of the molecule is COC(=O)c1cccc(NC(=O)Cc2cccs2)c1. The van der Waals surface area contributed by atoms with Crippen molar-refractivity contribution in [2.45, 2.75) is 6.42 Å². The third-order valence-electron chi connectivity index (χ3n) is 2.48.